The van der Waals surface area contributed by atoms with Gasteiger partial charge < -0.3 is 20.7 Å². The summed E-state index contributed by atoms with van der Waals surface area (Å²) in [5, 5.41) is 23.6. The molecule has 1 fully saturated rings. The lowest BCUT2D eigenvalue weighted by Gasteiger charge is -2.34. The molecule has 2 rings (SSSR count). The SMILES string of the molecule is CN(C(=O)C(=NO)C(=O)N1CCC(N)([O])CC1)c1ccccc1. The Kier molecular flexibility index (Phi) is 4.97. The Bertz CT molecular complexity index is 605. The molecule has 0 bridgehead atoms. The van der Waals surface area contributed by atoms with Gasteiger partial charge >= 0.3 is 0 Å². The minimum atomic E-state index is -1.56. The summed E-state index contributed by atoms with van der Waals surface area (Å²) in [5.74, 6) is -1.44. The second kappa shape index (κ2) is 6.76. The van der Waals surface area contributed by atoms with Crippen molar-refractivity contribution in [3.63, 3.8) is 0 Å². The lowest BCUT2D eigenvalue weighted by molar-refractivity contribution is -0.131. The van der Waals surface area contributed by atoms with Crippen molar-refractivity contribution in [1.29, 1.82) is 0 Å². The van der Waals surface area contributed by atoms with Gasteiger partial charge in [0.2, 0.25) is 5.71 Å². The number of oxime groups is 1. The van der Waals surface area contributed by atoms with Crippen LogP contribution in [-0.2, 0) is 14.7 Å². The summed E-state index contributed by atoms with van der Waals surface area (Å²) in [6.45, 7) is 0.250. The van der Waals surface area contributed by atoms with Gasteiger partial charge in [-0.15, -0.1) is 0 Å². The first-order chi connectivity index (χ1) is 10.9. The number of benzene rings is 1. The molecule has 8 nitrogen and oxygen atoms in total. The average Bonchev–Trinajstić information content (AvgIpc) is 2.55. The molecule has 3 N–H and O–H groups in total. The monoisotopic (exact) mass is 319 g/mol. The van der Waals surface area contributed by atoms with E-state index in [1.807, 2.05) is 0 Å². The van der Waals surface area contributed by atoms with Crippen LogP contribution in [0.15, 0.2) is 35.5 Å². The Labute approximate surface area is 133 Å². The molecule has 0 unspecified atom stereocenters. The fraction of sp³-hybridized carbons (Fsp3) is 0.400. The molecule has 0 aliphatic carbocycles. The van der Waals surface area contributed by atoms with E-state index in [1.165, 1.54) is 16.8 Å². The number of anilines is 1. The van der Waals surface area contributed by atoms with Gasteiger partial charge in [-0.3, -0.25) is 9.59 Å². The smallest absolute Gasteiger partial charge is 0.285 e. The molecule has 1 aromatic carbocycles. The number of para-hydroxylation sites is 1. The Balaban J connectivity index is 2.10. The maximum atomic E-state index is 12.4. The fourth-order valence-electron chi connectivity index (χ4n) is 2.34. The summed E-state index contributed by atoms with van der Waals surface area (Å²) in [7, 11) is 1.48. The Hall–Kier alpha value is -2.45. The third-order valence-corrected chi connectivity index (χ3v) is 3.85. The molecule has 0 aromatic heterocycles. The maximum Gasteiger partial charge on any atom is 0.285 e. The van der Waals surface area contributed by atoms with E-state index in [1.54, 1.807) is 30.3 Å². The van der Waals surface area contributed by atoms with Crippen molar-refractivity contribution >= 4 is 23.2 Å². The van der Waals surface area contributed by atoms with Gasteiger partial charge in [-0.1, -0.05) is 23.4 Å². The number of amides is 2. The highest BCUT2D eigenvalue weighted by Gasteiger charge is 2.36. The van der Waals surface area contributed by atoms with Crippen LogP contribution in [0.4, 0.5) is 5.69 Å². The molecule has 1 heterocycles. The number of piperidine rings is 1. The molecule has 1 aromatic rings. The summed E-state index contributed by atoms with van der Waals surface area (Å²) >= 11 is 0. The number of carbonyl (C=O) groups excluding carboxylic acids is 2. The molecule has 0 spiro atoms. The van der Waals surface area contributed by atoms with Crippen molar-refractivity contribution < 1.29 is 19.9 Å². The predicted octanol–water partition coefficient (Wildman–Crippen LogP) is 0.188. The van der Waals surface area contributed by atoms with E-state index in [-0.39, 0.29) is 25.9 Å². The van der Waals surface area contributed by atoms with E-state index < -0.39 is 23.3 Å². The molecule has 1 saturated heterocycles. The molecular weight excluding hydrogens is 300 g/mol. The molecule has 1 aliphatic heterocycles. The first kappa shape index (κ1) is 16.9. The normalized spacial score (nSPS) is 17.7. The zero-order valence-electron chi connectivity index (χ0n) is 12.8. The zero-order valence-corrected chi connectivity index (χ0v) is 12.8. The van der Waals surface area contributed by atoms with E-state index in [2.05, 4.69) is 5.16 Å². The summed E-state index contributed by atoms with van der Waals surface area (Å²) in [6.07, 6.45) is 0.167. The van der Waals surface area contributed by atoms with Crippen molar-refractivity contribution in [2.75, 3.05) is 25.0 Å². The predicted molar refractivity (Wildman–Crippen MR) is 82.5 cm³/mol. The van der Waals surface area contributed by atoms with E-state index >= 15 is 0 Å². The van der Waals surface area contributed by atoms with Crippen LogP contribution in [0.5, 0.6) is 0 Å². The molecule has 23 heavy (non-hydrogen) atoms. The molecule has 8 heteroatoms. The van der Waals surface area contributed by atoms with Gasteiger partial charge in [0.1, 0.15) is 0 Å². The number of hydrogen-bond acceptors (Lipinski definition) is 5. The van der Waals surface area contributed by atoms with Crippen molar-refractivity contribution in [1.82, 2.24) is 4.90 Å². The van der Waals surface area contributed by atoms with Crippen molar-refractivity contribution in [3.8, 4) is 0 Å². The van der Waals surface area contributed by atoms with Crippen LogP contribution in [0.1, 0.15) is 12.8 Å². The van der Waals surface area contributed by atoms with E-state index in [0.717, 1.165) is 0 Å². The quantitative estimate of drug-likeness (QED) is 0.272. The van der Waals surface area contributed by atoms with Crippen LogP contribution in [0.2, 0.25) is 0 Å². The number of rotatable bonds is 3. The van der Waals surface area contributed by atoms with Gasteiger partial charge in [-0.05, 0) is 12.1 Å². The lowest BCUT2D eigenvalue weighted by Crippen LogP contribution is -2.53. The summed E-state index contributed by atoms with van der Waals surface area (Å²) in [5.41, 5.74) is 3.90. The molecular formula is C15H19N4O4. The standard InChI is InChI=1S/C15H19N4O4/c1-18(11-5-3-2-4-6-11)13(20)12(17-23)14(21)19-9-7-15(16,22)8-10-19/h2-6,23H,7-10,16H2,1H3. The second-order valence-corrected chi connectivity index (χ2v) is 5.51. The van der Waals surface area contributed by atoms with E-state index in [0.29, 0.717) is 5.69 Å². The summed E-state index contributed by atoms with van der Waals surface area (Å²) in [6, 6.07) is 8.67. The van der Waals surface area contributed by atoms with E-state index in [4.69, 9.17) is 10.9 Å². The minimum Gasteiger partial charge on any atom is -0.410 e. The van der Waals surface area contributed by atoms with Crippen LogP contribution in [0.25, 0.3) is 0 Å². The molecule has 2 amide bonds. The number of hydrogen-bond donors (Lipinski definition) is 2. The lowest BCUT2D eigenvalue weighted by atomic mass is 10.0. The van der Waals surface area contributed by atoms with Crippen LogP contribution in [0, 0.1) is 0 Å². The Morgan fingerprint density at radius 2 is 1.83 bits per heavy atom. The van der Waals surface area contributed by atoms with Crippen LogP contribution < -0.4 is 10.6 Å². The Morgan fingerprint density at radius 3 is 2.35 bits per heavy atom. The number of nitrogens with zero attached hydrogens (tertiary/aromatic N) is 3. The average molecular weight is 319 g/mol. The highest BCUT2D eigenvalue weighted by atomic mass is 16.4. The van der Waals surface area contributed by atoms with Crippen LogP contribution >= 0.6 is 0 Å². The van der Waals surface area contributed by atoms with Gasteiger partial charge in [0.15, 0.2) is 5.72 Å². The Morgan fingerprint density at radius 1 is 1.26 bits per heavy atom. The molecule has 1 radical (unpaired) electrons. The third kappa shape index (κ3) is 3.85. The van der Waals surface area contributed by atoms with Gasteiger partial charge in [-0.2, -0.15) is 0 Å². The highest BCUT2D eigenvalue weighted by Crippen LogP contribution is 2.18. The number of likely N-dealkylation sites (tertiary alicyclic amines) is 1. The number of nitrogens with two attached hydrogens (primary N) is 1. The molecule has 0 saturated carbocycles. The highest BCUT2D eigenvalue weighted by molar-refractivity contribution is 6.67. The second-order valence-electron chi connectivity index (χ2n) is 5.51. The van der Waals surface area contributed by atoms with Crippen LogP contribution in [-0.4, -0.2) is 53.5 Å². The van der Waals surface area contributed by atoms with Crippen molar-refractivity contribution in [3.05, 3.63) is 30.3 Å². The van der Waals surface area contributed by atoms with Gasteiger partial charge in [0, 0.05) is 38.7 Å². The van der Waals surface area contributed by atoms with Crippen LogP contribution in [0.3, 0.4) is 0 Å². The van der Waals surface area contributed by atoms with Crippen molar-refractivity contribution in [2.45, 2.75) is 18.6 Å². The summed E-state index contributed by atoms with van der Waals surface area (Å²) < 4.78 is 0. The molecule has 0 atom stereocenters. The van der Waals surface area contributed by atoms with Gasteiger partial charge in [0.05, 0.1) is 0 Å². The maximum absolute atomic E-state index is 12.4. The topological polar surface area (TPSA) is 119 Å². The van der Waals surface area contributed by atoms with Crippen molar-refractivity contribution in [2.24, 2.45) is 10.9 Å². The first-order valence-corrected chi connectivity index (χ1v) is 7.19. The number of carbonyl (C=O) groups is 2. The zero-order chi connectivity index (χ0) is 17.0. The molecule has 1 aliphatic rings. The summed E-state index contributed by atoms with van der Waals surface area (Å²) in [4.78, 5) is 27.3. The fourth-order valence-corrected chi connectivity index (χ4v) is 2.34. The van der Waals surface area contributed by atoms with E-state index in [9.17, 15) is 14.7 Å². The largest absolute Gasteiger partial charge is 0.410 e. The first-order valence-electron chi connectivity index (χ1n) is 7.19. The third-order valence-electron chi connectivity index (χ3n) is 3.85. The van der Waals surface area contributed by atoms with Gasteiger partial charge in [0.25, 0.3) is 11.8 Å². The molecule has 123 valence electrons. The van der Waals surface area contributed by atoms with Gasteiger partial charge in [-0.25, -0.2) is 5.11 Å². The minimum absolute atomic E-state index is 0.0835.